The summed E-state index contributed by atoms with van der Waals surface area (Å²) in [5.41, 5.74) is 0.627. The minimum Gasteiger partial charge on any atom is -0.373 e. The highest BCUT2D eigenvalue weighted by atomic mass is 16.5. The van der Waals surface area contributed by atoms with E-state index in [9.17, 15) is 4.79 Å². The number of H-pyrrole nitrogens is 1. The number of rotatable bonds is 5. The molecule has 0 unspecified atom stereocenters. The Morgan fingerprint density at radius 1 is 1.56 bits per heavy atom. The summed E-state index contributed by atoms with van der Waals surface area (Å²) in [6, 6.07) is 3.59. The standard InChI is InChI=1S/C12H18N2O2/c15-12(11-4-2-6-14-11)9-16-8-10-3-1-5-13-7-10/h2,4,6,10,13-14H,1,3,5,7-9H2/t10-/m0/s1. The van der Waals surface area contributed by atoms with Crippen LogP contribution in [0.3, 0.4) is 0 Å². The van der Waals surface area contributed by atoms with Gasteiger partial charge in [0.2, 0.25) is 5.78 Å². The van der Waals surface area contributed by atoms with Crippen molar-refractivity contribution in [3.8, 4) is 0 Å². The van der Waals surface area contributed by atoms with Gasteiger partial charge in [0.25, 0.3) is 0 Å². The quantitative estimate of drug-likeness (QED) is 0.736. The molecule has 1 aliphatic rings. The van der Waals surface area contributed by atoms with Crippen LogP contribution in [-0.4, -0.2) is 37.1 Å². The highest BCUT2D eigenvalue weighted by molar-refractivity contribution is 5.95. The van der Waals surface area contributed by atoms with E-state index in [0.717, 1.165) is 13.1 Å². The van der Waals surface area contributed by atoms with Crippen LogP contribution in [0.4, 0.5) is 0 Å². The zero-order chi connectivity index (χ0) is 11.2. The average molecular weight is 222 g/mol. The summed E-state index contributed by atoms with van der Waals surface area (Å²) in [6.45, 7) is 2.98. The number of hydrogen-bond donors (Lipinski definition) is 2. The van der Waals surface area contributed by atoms with Crippen molar-refractivity contribution in [3.05, 3.63) is 24.0 Å². The predicted molar refractivity (Wildman–Crippen MR) is 61.5 cm³/mol. The summed E-state index contributed by atoms with van der Waals surface area (Å²) in [4.78, 5) is 14.5. The molecular weight excluding hydrogens is 204 g/mol. The van der Waals surface area contributed by atoms with Crippen molar-refractivity contribution in [2.45, 2.75) is 12.8 Å². The van der Waals surface area contributed by atoms with E-state index in [4.69, 9.17) is 4.74 Å². The second kappa shape index (κ2) is 5.82. The topological polar surface area (TPSA) is 54.1 Å². The van der Waals surface area contributed by atoms with Crippen LogP contribution in [0.2, 0.25) is 0 Å². The van der Waals surface area contributed by atoms with Crippen molar-refractivity contribution in [3.63, 3.8) is 0 Å². The Bertz CT molecular complexity index is 316. The van der Waals surface area contributed by atoms with Gasteiger partial charge in [-0.2, -0.15) is 0 Å². The van der Waals surface area contributed by atoms with Crippen LogP contribution >= 0.6 is 0 Å². The minimum atomic E-state index is 0.0220. The molecule has 0 bridgehead atoms. The first-order valence-corrected chi connectivity index (χ1v) is 5.81. The van der Waals surface area contributed by atoms with Gasteiger partial charge in [0.15, 0.2) is 0 Å². The average Bonchev–Trinajstić information content (AvgIpc) is 2.84. The van der Waals surface area contributed by atoms with E-state index in [-0.39, 0.29) is 12.4 Å². The summed E-state index contributed by atoms with van der Waals surface area (Å²) >= 11 is 0. The lowest BCUT2D eigenvalue weighted by molar-refractivity contribution is 0.0642. The number of piperidine rings is 1. The molecule has 4 nitrogen and oxygen atoms in total. The van der Waals surface area contributed by atoms with Gasteiger partial charge in [0.05, 0.1) is 12.3 Å². The second-order valence-electron chi connectivity index (χ2n) is 4.23. The molecule has 1 aliphatic heterocycles. The molecule has 16 heavy (non-hydrogen) atoms. The van der Waals surface area contributed by atoms with E-state index in [1.54, 1.807) is 12.3 Å². The fraction of sp³-hybridized carbons (Fsp3) is 0.583. The molecule has 1 aromatic rings. The molecule has 88 valence electrons. The third-order valence-electron chi connectivity index (χ3n) is 2.88. The Hall–Kier alpha value is -1.13. The number of aromatic amines is 1. The van der Waals surface area contributed by atoms with Crippen LogP contribution in [0.25, 0.3) is 0 Å². The molecule has 2 heterocycles. The maximum atomic E-state index is 11.6. The lowest BCUT2D eigenvalue weighted by Crippen LogP contribution is -2.32. The fourth-order valence-electron chi connectivity index (χ4n) is 1.97. The van der Waals surface area contributed by atoms with Crippen LogP contribution in [0.1, 0.15) is 23.3 Å². The van der Waals surface area contributed by atoms with Gasteiger partial charge in [-0.3, -0.25) is 4.79 Å². The van der Waals surface area contributed by atoms with Gasteiger partial charge in [-0.05, 0) is 37.4 Å². The second-order valence-corrected chi connectivity index (χ2v) is 4.23. The van der Waals surface area contributed by atoms with E-state index in [2.05, 4.69) is 10.3 Å². The molecule has 4 heteroatoms. The van der Waals surface area contributed by atoms with Crippen LogP contribution in [-0.2, 0) is 4.74 Å². The summed E-state index contributed by atoms with van der Waals surface area (Å²) in [5.74, 6) is 0.582. The van der Waals surface area contributed by atoms with Crippen LogP contribution in [0.5, 0.6) is 0 Å². The molecule has 0 aliphatic carbocycles. The maximum Gasteiger partial charge on any atom is 0.204 e. The molecule has 0 spiro atoms. The summed E-state index contributed by atoms with van der Waals surface area (Å²) in [5, 5.41) is 3.33. The van der Waals surface area contributed by atoms with Crippen LogP contribution in [0.15, 0.2) is 18.3 Å². The predicted octanol–water partition coefficient (Wildman–Crippen LogP) is 1.21. The molecule has 0 saturated carbocycles. The van der Waals surface area contributed by atoms with E-state index in [1.807, 2.05) is 6.07 Å². The lowest BCUT2D eigenvalue weighted by atomic mass is 10.0. The lowest BCUT2D eigenvalue weighted by Gasteiger charge is -2.22. The number of ether oxygens (including phenoxy) is 1. The van der Waals surface area contributed by atoms with Gasteiger partial charge in [-0.25, -0.2) is 0 Å². The number of Topliss-reactive ketones (excluding diaryl/α,β-unsaturated/α-hetero) is 1. The molecule has 1 aromatic heterocycles. The van der Waals surface area contributed by atoms with E-state index >= 15 is 0 Å². The van der Waals surface area contributed by atoms with Crippen LogP contribution < -0.4 is 5.32 Å². The number of hydrogen-bond acceptors (Lipinski definition) is 3. The summed E-state index contributed by atoms with van der Waals surface area (Å²) in [7, 11) is 0. The summed E-state index contributed by atoms with van der Waals surface area (Å²) in [6.07, 6.45) is 4.15. The highest BCUT2D eigenvalue weighted by Crippen LogP contribution is 2.10. The number of aromatic nitrogens is 1. The van der Waals surface area contributed by atoms with Crippen LogP contribution in [0, 0.1) is 5.92 Å². The zero-order valence-corrected chi connectivity index (χ0v) is 9.37. The molecule has 2 rings (SSSR count). The summed E-state index contributed by atoms with van der Waals surface area (Å²) < 4.78 is 5.45. The fourth-order valence-corrected chi connectivity index (χ4v) is 1.97. The van der Waals surface area contributed by atoms with Crippen molar-refractivity contribution in [1.82, 2.24) is 10.3 Å². The molecule has 1 saturated heterocycles. The Morgan fingerprint density at radius 2 is 2.50 bits per heavy atom. The highest BCUT2D eigenvalue weighted by Gasteiger charge is 2.14. The third-order valence-corrected chi connectivity index (χ3v) is 2.88. The normalized spacial score (nSPS) is 20.9. The van der Waals surface area contributed by atoms with Crippen molar-refractivity contribution in [2.24, 2.45) is 5.92 Å². The molecular formula is C12H18N2O2. The van der Waals surface area contributed by atoms with Gasteiger partial charge in [-0.15, -0.1) is 0 Å². The Balaban J connectivity index is 1.66. The molecule has 2 N–H and O–H groups in total. The molecule has 0 amide bonds. The SMILES string of the molecule is O=C(COC[C@H]1CCCNC1)c1ccc[nH]1. The first kappa shape index (κ1) is 11.4. The number of ketones is 1. The van der Waals surface area contributed by atoms with Crippen molar-refractivity contribution >= 4 is 5.78 Å². The van der Waals surface area contributed by atoms with Crippen molar-refractivity contribution in [2.75, 3.05) is 26.3 Å². The van der Waals surface area contributed by atoms with E-state index in [0.29, 0.717) is 18.2 Å². The van der Waals surface area contributed by atoms with Gasteiger partial charge in [0.1, 0.15) is 6.61 Å². The first-order valence-electron chi connectivity index (χ1n) is 5.81. The van der Waals surface area contributed by atoms with Gasteiger partial charge >= 0.3 is 0 Å². The third kappa shape index (κ3) is 3.18. The maximum absolute atomic E-state index is 11.6. The smallest absolute Gasteiger partial charge is 0.204 e. The Kier molecular flexibility index (Phi) is 4.13. The minimum absolute atomic E-state index is 0.0220. The Labute approximate surface area is 95.4 Å². The number of carbonyl (C=O) groups excluding carboxylic acids is 1. The van der Waals surface area contributed by atoms with Gasteiger partial charge in [-0.1, -0.05) is 0 Å². The number of nitrogens with one attached hydrogen (secondary N) is 2. The molecule has 0 aromatic carbocycles. The Morgan fingerprint density at radius 3 is 3.19 bits per heavy atom. The molecule has 1 fully saturated rings. The first-order chi connectivity index (χ1) is 7.86. The monoisotopic (exact) mass is 222 g/mol. The van der Waals surface area contributed by atoms with E-state index < -0.39 is 0 Å². The van der Waals surface area contributed by atoms with Gasteiger partial charge < -0.3 is 15.0 Å². The van der Waals surface area contributed by atoms with Crippen molar-refractivity contribution < 1.29 is 9.53 Å². The largest absolute Gasteiger partial charge is 0.373 e. The number of carbonyl (C=O) groups is 1. The van der Waals surface area contributed by atoms with Gasteiger partial charge in [0, 0.05) is 12.7 Å². The molecule has 1 atom stereocenters. The van der Waals surface area contributed by atoms with Crippen molar-refractivity contribution in [1.29, 1.82) is 0 Å². The zero-order valence-electron chi connectivity index (χ0n) is 9.37. The van der Waals surface area contributed by atoms with E-state index in [1.165, 1.54) is 12.8 Å². The molecule has 0 radical (unpaired) electrons.